The Bertz CT molecular complexity index is 1420. The average molecular weight is 1040 g/mol. The van der Waals surface area contributed by atoms with E-state index in [-0.39, 0.29) is 19.2 Å². The van der Waals surface area contributed by atoms with Gasteiger partial charge in [0.05, 0.1) is 19.8 Å². The smallest absolute Gasteiger partial charge is 0.306 e. The van der Waals surface area contributed by atoms with E-state index in [2.05, 4.69) is 98.9 Å². The van der Waals surface area contributed by atoms with Crippen molar-refractivity contribution >= 4 is 5.97 Å². The molecule has 1 fully saturated rings. The van der Waals surface area contributed by atoms with Crippen LogP contribution in [0.4, 0.5) is 0 Å². The predicted octanol–water partition coefficient (Wildman–Crippen LogP) is 16.5. The lowest BCUT2D eigenvalue weighted by atomic mass is 9.99. The molecular formula is C65H114O9. The third-order valence-electron chi connectivity index (χ3n) is 13.8. The van der Waals surface area contributed by atoms with E-state index in [4.69, 9.17) is 18.9 Å². The van der Waals surface area contributed by atoms with Gasteiger partial charge in [0.25, 0.3) is 0 Å². The van der Waals surface area contributed by atoms with Gasteiger partial charge in [0.2, 0.25) is 0 Å². The fourth-order valence-electron chi connectivity index (χ4n) is 9.12. The summed E-state index contributed by atoms with van der Waals surface area (Å²) < 4.78 is 23.0. The van der Waals surface area contributed by atoms with E-state index in [0.717, 1.165) is 96.3 Å². The molecule has 0 aromatic carbocycles. The SMILES string of the molecule is CC/C=C\C/C=C\C/C=C\C/C=C\C/C=C\C/C=C\C/C=C\CCCCCCOCC(COC1OC(CO)C(O)C(O)C1O)OC(=O)CCCCCCCCCCCCCCCCCCCCCCCCCCC. The molecule has 9 nitrogen and oxygen atoms in total. The molecule has 1 rings (SSSR count). The zero-order valence-corrected chi connectivity index (χ0v) is 47.6. The summed E-state index contributed by atoms with van der Waals surface area (Å²) in [7, 11) is 0. The van der Waals surface area contributed by atoms with Crippen LogP contribution in [0, 0.1) is 0 Å². The van der Waals surface area contributed by atoms with E-state index in [1.54, 1.807) is 0 Å². The summed E-state index contributed by atoms with van der Waals surface area (Å²) in [5, 5.41) is 40.4. The van der Waals surface area contributed by atoms with E-state index < -0.39 is 43.4 Å². The van der Waals surface area contributed by atoms with Crippen LogP contribution < -0.4 is 0 Å². The Hall–Kier alpha value is -2.63. The summed E-state index contributed by atoms with van der Waals surface area (Å²) in [4.78, 5) is 12.9. The van der Waals surface area contributed by atoms with E-state index >= 15 is 0 Å². The lowest BCUT2D eigenvalue weighted by molar-refractivity contribution is -0.305. The monoisotopic (exact) mass is 1040 g/mol. The van der Waals surface area contributed by atoms with Crippen LogP contribution in [0.5, 0.6) is 0 Å². The number of carbonyl (C=O) groups excluding carboxylic acids is 1. The number of unbranched alkanes of at least 4 members (excludes halogenated alkanes) is 28. The molecule has 0 aliphatic carbocycles. The molecule has 6 unspecified atom stereocenters. The van der Waals surface area contributed by atoms with Gasteiger partial charge in [-0.2, -0.15) is 0 Å². The summed E-state index contributed by atoms with van der Waals surface area (Å²) in [6.45, 7) is 4.42. The van der Waals surface area contributed by atoms with Crippen molar-refractivity contribution in [3.05, 3.63) is 85.1 Å². The first kappa shape index (κ1) is 69.4. The zero-order chi connectivity index (χ0) is 53.5. The number of carbonyl (C=O) groups is 1. The number of hydrogen-bond donors (Lipinski definition) is 4. The van der Waals surface area contributed by atoms with Gasteiger partial charge in [-0.3, -0.25) is 4.79 Å². The molecule has 1 aliphatic heterocycles. The first-order chi connectivity index (χ1) is 36.4. The maximum atomic E-state index is 12.9. The molecule has 1 aliphatic rings. The van der Waals surface area contributed by atoms with Crippen LogP contribution in [0.25, 0.3) is 0 Å². The lowest BCUT2D eigenvalue weighted by Crippen LogP contribution is -2.59. The molecule has 0 saturated carbocycles. The third-order valence-corrected chi connectivity index (χ3v) is 13.8. The first-order valence-corrected chi connectivity index (χ1v) is 30.7. The molecule has 0 aromatic heterocycles. The van der Waals surface area contributed by atoms with Crippen molar-refractivity contribution in [3.63, 3.8) is 0 Å². The third kappa shape index (κ3) is 44.5. The normalized spacial score (nSPS) is 19.1. The van der Waals surface area contributed by atoms with Crippen molar-refractivity contribution in [2.24, 2.45) is 0 Å². The van der Waals surface area contributed by atoms with Crippen LogP contribution in [0.15, 0.2) is 85.1 Å². The summed E-state index contributed by atoms with van der Waals surface area (Å²) in [6, 6.07) is 0. The minimum Gasteiger partial charge on any atom is -0.457 e. The van der Waals surface area contributed by atoms with Crippen molar-refractivity contribution < 1.29 is 44.2 Å². The van der Waals surface area contributed by atoms with Crippen molar-refractivity contribution in [2.45, 2.75) is 295 Å². The average Bonchev–Trinajstić information content (AvgIpc) is 3.40. The molecule has 1 saturated heterocycles. The lowest BCUT2D eigenvalue weighted by Gasteiger charge is -2.39. The number of rotatable bonds is 53. The molecule has 0 bridgehead atoms. The van der Waals surface area contributed by atoms with Gasteiger partial charge in [0, 0.05) is 13.0 Å². The van der Waals surface area contributed by atoms with Gasteiger partial charge in [-0.25, -0.2) is 0 Å². The molecule has 0 radical (unpaired) electrons. The highest BCUT2D eigenvalue weighted by Crippen LogP contribution is 2.23. The Kier molecular flexibility index (Phi) is 51.7. The van der Waals surface area contributed by atoms with Crippen LogP contribution in [0.3, 0.4) is 0 Å². The molecule has 0 aromatic rings. The Morgan fingerprint density at radius 1 is 0.446 bits per heavy atom. The summed E-state index contributed by atoms with van der Waals surface area (Å²) in [5.74, 6) is -0.320. The van der Waals surface area contributed by atoms with E-state index in [9.17, 15) is 25.2 Å². The number of allylic oxidation sites excluding steroid dienone is 14. The zero-order valence-electron chi connectivity index (χ0n) is 47.6. The minimum atomic E-state index is -1.55. The van der Waals surface area contributed by atoms with Gasteiger partial charge in [-0.15, -0.1) is 0 Å². The topological polar surface area (TPSA) is 135 Å². The van der Waals surface area contributed by atoms with Crippen LogP contribution in [-0.2, 0) is 23.7 Å². The van der Waals surface area contributed by atoms with Gasteiger partial charge >= 0.3 is 5.97 Å². The maximum absolute atomic E-state index is 12.9. The maximum Gasteiger partial charge on any atom is 0.306 e. The van der Waals surface area contributed by atoms with Crippen LogP contribution in [0.2, 0.25) is 0 Å². The van der Waals surface area contributed by atoms with Crippen LogP contribution in [0.1, 0.15) is 258 Å². The molecule has 0 amide bonds. The van der Waals surface area contributed by atoms with Crippen LogP contribution >= 0.6 is 0 Å². The molecule has 1 heterocycles. The fraction of sp³-hybridized carbons (Fsp3) is 0.769. The van der Waals surface area contributed by atoms with Crippen molar-refractivity contribution in [3.8, 4) is 0 Å². The van der Waals surface area contributed by atoms with Gasteiger partial charge in [0.15, 0.2) is 6.29 Å². The van der Waals surface area contributed by atoms with Crippen molar-refractivity contribution in [2.75, 3.05) is 26.4 Å². The van der Waals surface area contributed by atoms with E-state index in [1.165, 1.54) is 141 Å². The standard InChI is InChI=1S/C65H114O9/c1-3-5-7-9-11-13-15-17-19-21-23-25-27-29-31-33-35-37-39-41-43-45-47-49-51-53-55-71-57-59(58-72-65-64(70)63(69)62(68)60(56-66)74-65)73-61(67)54-52-50-48-46-44-42-40-38-36-34-32-30-28-26-24-22-20-18-16-14-12-10-8-6-4-2/h5,7,11,13,17,19,23,25,29,31,35,37,41,43,59-60,62-66,68-70H,3-4,6,8-10,12,14-16,18,20-22,24,26-28,30,32-34,36,38-40,42,44-58H2,1-2H3/b7-5-,13-11-,19-17-,25-23-,31-29-,37-35-,43-41-. The van der Waals surface area contributed by atoms with Crippen molar-refractivity contribution in [1.29, 1.82) is 0 Å². The van der Waals surface area contributed by atoms with Gasteiger partial charge in [-0.1, -0.05) is 266 Å². The highest BCUT2D eigenvalue weighted by atomic mass is 16.7. The second-order valence-electron chi connectivity index (χ2n) is 20.8. The molecular weight excluding hydrogens is 925 g/mol. The molecule has 9 heteroatoms. The van der Waals surface area contributed by atoms with Crippen LogP contribution in [-0.4, -0.2) is 89.6 Å². The van der Waals surface area contributed by atoms with Gasteiger partial charge < -0.3 is 39.4 Å². The van der Waals surface area contributed by atoms with Crippen molar-refractivity contribution in [1.82, 2.24) is 0 Å². The molecule has 74 heavy (non-hydrogen) atoms. The second kappa shape index (κ2) is 55.1. The number of esters is 1. The fourth-order valence-corrected chi connectivity index (χ4v) is 9.12. The summed E-state index contributed by atoms with van der Waals surface area (Å²) >= 11 is 0. The highest BCUT2D eigenvalue weighted by Gasteiger charge is 2.44. The Morgan fingerprint density at radius 2 is 0.824 bits per heavy atom. The Morgan fingerprint density at radius 3 is 1.24 bits per heavy atom. The van der Waals surface area contributed by atoms with Gasteiger partial charge in [-0.05, 0) is 70.6 Å². The van der Waals surface area contributed by atoms with E-state index in [0.29, 0.717) is 13.0 Å². The quantitative estimate of drug-likeness (QED) is 0.0267. The largest absolute Gasteiger partial charge is 0.457 e. The molecule has 6 atom stereocenters. The minimum absolute atomic E-state index is 0.125. The number of aliphatic hydroxyl groups is 4. The number of aliphatic hydroxyl groups excluding tert-OH is 4. The Labute approximate surface area is 454 Å². The second-order valence-corrected chi connectivity index (χ2v) is 20.8. The molecule has 4 N–H and O–H groups in total. The predicted molar refractivity (Wildman–Crippen MR) is 311 cm³/mol. The number of hydrogen-bond acceptors (Lipinski definition) is 9. The number of ether oxygens (including phenoxy) is 4. The van der Waals surface area contributed by atoms with E-state index in [1.807, 2.05) is 0 Å². The summed E-state index contributed by atoms with van der Waals surface area (Å²) in [6.07, 6.45) is 69.3. The first-order valence-electron chi connectivity index (χ1n) is 30.7. The molecule has 0 spiro atoms. The summed E-state index contributed by atoms with van der Waals surface area (Å²) in [5.41, 5.74) is 0. The highest BCUT2D eigenvalue weighted by molar-refractivity contribution is 5.69. The van der Waals surface area contributed by atoms with Gasteiger partial charge in [0.1, 0.15) is 30.5 Å². The Balaban J connectivity index is 2.16. The molecule has 428 valence electrons.